The van der Waals surface area contributed by atoms with Crippen molar-refractivity contribution in [3.8, 4) is 0 Å². The van der Waals surface area contributed by atoms with Gasteiger partial charge in [0, 0.05) is 12.1 Å². The van der Waals surface area contributed by atoms with Crippen molar-refractivity contribution in [2.75, 3.05) is 0 Å². The van der Waals surface area contributed by atoms with Crippen LogP contribution in [0.2, 0.25) is 0 Å². The molecule has 0 aliphatic rings. The average Bonchev–Trinajstić information content (AvgIpc) is 2.39. The van der Waals surface area contributed by atoms with Crippen molar-refractivity contribution >= 4 is 0 Å². The van der Waals surface area contributed by atoms with Crippen molar-refractivity contribution in [2.24, 2.45) is 11.5 Å². The zero-order chi connectivity index (χ0) is 11.4. The van der Waals surface area contributed by atoms with Gasteiger partial charge in [-0.25, -0.2) is 0 Å². The Morgan fingerprint density at radius 1 is 0.588 bits per heavy atom. The first-order valence-corrected chi connectivity index (χ1v) is 5.40. The van der Waals surface area contributed by atoms with Crippen LogP contribution in [-0.4, -0.2) is 0 Å². The molecule has 2 aromatic carbocycles. The molecule has 2 atom stereocenters. The molecule has 0 heterocycles. The van der Waals surface area contributed by atoms with Crippen LogP contribution >= 0.6 is 0 Å². The fraction of sp³-hybridized carbons (Fsp3) is 0.143. The Labute approximate surface area is 115 Å². The van der Waals surface area contributed by atoms with Gasteiger partial charge in [-0.15, -0.1) is 0 Å². The molecule has 2 rings (SSSR count). The van der Waals surface area contributed by atoms with Crippen LogP contribution in [0.4, 0.5) is 0 Å². The summed E-state index contributed by atoms with van der Waals surface area (Å²) in [7, 11) is 0. The van der Waals surface area contributed by atoms with Gasteiger partial charge >= 0.3 is 19.5 Å². The van der Waals surface area contributed by atoms with Gasteiger partial charge in [0.05, 0.1) is 0 Å². The van der Waals surface area contributed by atoms with Crippen LogP contribution in [0, 0.1) is 0 Å². The number of rotatable bonds is 3. The van der Waals surface area contributed by atoms with Crippen molar-refractivity contribution < 1.29 is 19.5 Å². The van der Waals surface area contributed by atoms with E-state index in [4.69, 9.17) is 11.5 Å². The Bertz CT molecular complexity index is 387. The SMILES string of the molecule is N[C@@H](c1ccccc1)[C@@H](N)c1ccccc1.[Ru+2]. The number of hydrogen-bond acceptors (Lipinski definition) is 2. The van der Waals surface area contributed by atoms with Gasteiger partial charge in [-0.2, -0.15) is 0 Å². The summed E-state index contributed by atoms with van der Waals surface area (Å²) in [6, 6.07) is 19.6. The molecule has 0 saturated carbocycles. The van der Waals surface area contributed by atoms with Crippen molar-refractivity contribution in [3.05, 3.63) is 71.8 Å². The standard InChI is InChI=1S/C14H16N2.Ru/c15-13(11-7-3-1-4-8-11)14(16)12-9-5-2-6-10-12;/h1-10,13-14H,15-16H2;/q;+2/t13-,14-;/m0./s1. The molecule has 0 fully saturated rings. The van der Waals surface area contributed by atoms with Crippen LogP contribution in [0.3, 0.4) is 0 Å². The van der Waals surface area contributed by atoms with Gasteiger partial charge in [0.1, 0.15) is 0 Å². The van der Waals surface area contributed by atoms with Crippen LogP contribution in [0.5, 0.6) is 0 Å². The molecular weight excluding hydrogens is 297 g/mol. The summed E-state index contributed by atoms with van der Waals surface area (Å²) in [5.74, 6) is 0. The van der Waals surface area contributed by atoms with E-state index in [-0.39, 0.29) is 31.6 Å². The second-order valence-electron chi connectivity index (χ2n) is 3.87. The molecular formula is C14H16N2Ru+2. The molecule has 0 unspecified atom stereocenters. The van der Waals surface area contributed by atoms with Crippen LogP contribution in [0.15, 0.2) is 60.7 Å². The summed E-state index contributed by atoms with van der Waals surface area (Å²) in [6.45, 7) is 0. The van der Waals surface area contributed by atoms with Crippen molar-refractivity contribution in [1.29, 1.82) is 0 Å². The van der Waals surface area contributed by atoms with Gasteiger partial charge in [0.25, 0.3) is 0 Å². The molecule has 88 valence electrons. The Hall–Kier alpha value is -1.02. The summed E-state index contributed by atoms with van der Waals surface area (Å²) in [4.78, 5) is 0. The third-order valence-electron chi connectivity index (χ3n) is 2.76. The van der Waals surface area contributed by atoms with E-state index >= 15 is 0 Å². The van der Waals surface area contributed by atoms with E-state index in [0.29, 0.717) is 0 Å². The van der Waals surface area contributed by atoms with E-state index in [9.17, 15) is 0 Å². The molecule has 0 spiro atoms. The second-order valence-corrected chi connectivity index (χ2v) is 3.87. The quantitative estimate of drug-likeness (QED) is 0.855. The molecule has 0 aliphatic heterocycles. The van der Waals surface area contributed by atoms with Crippen LogP contribution in [0.25, 0.3) is 0 Å². The largest absolute Gasteiger partial charge is 2.00 e. The first-order valence-electron chi connectivity index (χ1n) is 5.40. The van der Waals surface area contributed by atoms with Crippen LogP contribution in [0.1, 0.15) is 23.2 Å². The molecule has 17 heavy (non-hydrogen) atoms. The zero-order valence-corrected chi connectivity index (χ0v) is 11.2. The fourth-order valence-corrected chi connectivity index (χ4v) is 1.77. The van der Waals surface area contributed by atoms with Gasteiger partial charge < -0.3 is 11.5 Å². The van der Waals surface area contributed by atoms with E-state index in [0.717, 1.165) is 11.1 Å². The van der Waals surface area contributed by atoms with Gasteiger partial charge in [-0.1, -0.05) is 60.7 Å². The molecule has 4 N–H and O–H groups in total. The fourth-order valence-electron chi connectivity index (χ4n) is 1.77. The minimum Gasteiger partial charge on any atom is -0.322 e. The van der Waals surface area contributed by atoms with Gasteiger partial charge in [0.2, 0.25) is 0 Å². The molecule has 0 radical (unpaired) electrons. The summed E-state index contributed by atoms with van der Waals surface area (Å²) in [6.07, 6.45) is 0. The molecule has 2 nitrogen and oxygen atoms in total. The molecule has 0 amide bonds. The topological polar surface area (TPSA) is 52.0 Å². The summed E-state index contributed by atoms with van der Waals surface area (Å²) in [5.41, 5.74) is 14.4. The van der Waals surface area contributed by atoms with Crippen molar-refractivity contribution in [1.82, 2.24) is 0 Å². The minimum atomic E-state index is -0.163. The monoisotopic (exact) mass is 314 g/mol. The van der Waals surface area contributed by atoms with E-state index in [1.165, 1.54) is 0 Å². The summed E-state index contributed by atoms with van der Waals surface area (Å²) < 4.78 is 0. The Kier molecular flexibility index (Phi) is 5.50. The number of benzene rings is 2. The number of hydrogen-bond donors (Lipinski definition) is 2. The molecule has 3 heteroatoms. The maximum Gasteiger partial charge on any atom is 2.00 e. The third kappa shape index (κ3) is 3.47. The van der Waals surface area contributed by atoms with Crippen LogP contribution < -0.4 is 11.5 Å². The van der Waals surface area contributed by atoms with Crippen molar-refractivity contribution in [3.63, 3.8) is 0 Å². The zero-order valence-electron chi connectivity index (χ0n) is 9.44. The Morgan fingerprint density at radius 2 is 0.882 bits per heavy atom. The average molecular weight is 313 g/mol. The van der Waals surface area contributed by atoms with E-state index in [2.05, 4.69) is 0 Å². The maximum atomic E-state index is 6.15. The first kappa shape index (κ1) is 14.0. The third-order valence-corrected chi connectivity index (χ3v) is 2.76. The second kappa shape index (κ2) is 6.65. The van der Waals surface area contributed by atoms with E-state index in [1.807, 2.05) is 60.7 Å². The van der Waals surface area contributed by atoms with Gasteiger partial charge in [-0.05, 0) is 11.1 Å². The maximum absolute atomic E-state index is 6.15. The molecule has 0 aromatic heterocycles. The molecule has 2 aromatic rings. The number of nitrogens with two attached hydrogens (primary N) is 2. The Balaban J connectivity index is 0.00000144. The van der Waals surface area contributed by atoms with Crippen molar-refractivity contribution in [2.45, 2.75) is 12.1 Å². The van der Waals surface area contributed by atoms with Gasteiger partial charge in [0.15, 0.2) is 0 Å². The molecule has 0 bridgehead atoms. The summed E-state index contributed by atoms with van der Waals surface area (Å²) in [5, 5.41) is 0. The smallest absolute Gasteiger partial charge is 0.322 e. The van der Waals surface area contributed by atoms with Crippen LogP contribution in [-0.2, 0) is 19.5 Å². The minimum absolute atomic E-state index is 0. The predicted molar refractivity (Wildman–Crippen MR) is 66.7 cm³/mol. The Morgan fingerprint density at radius 3 is 1.18 bits per heavy atom. The normalized spacial score (nSPS) is 13.5. The molecule has 0 aliphatic carbocycles. The van der Waals surface area contributed by atoms with Gasteiger partial charge in [-0.3, -0.25) is 0 Å². The first-order chi connectivity index (χ1) is 7.79. The summed E-state index contributed by atoms with van der Waals surface area (Å²) >= 11 is 0. The van der Waals surface area contributed by atoms with E-state index < -0.39 is 0 Å². The molecule has 0 saturated heterocycles. The predicted octanol–water partition coefficient (Wildman–Crippen LogP) is 2.38. The van der Waals surface area contributed by atoms with E-state index in [1.54, 1.807) is 0 Å².